The number of nitrogens with zero attached hydrogens (tertiary/aromatic N) is 2. The molecule has 1 aromatic rings. The van der Waals surface area contributed by atoms with Gasteiger partial charge in [0, 0.05) is 6.54 Å². The van der Waals surface area contributed by atoms with Gasteiger partial charge in [-0.2, -0.15) is 5.10 Å². The summed E-state index contributed by atoms with van der Waals surface area (Å²) in [5.74, 6) is 0. The lowest BCUT2D eigenvalue weighted by Crippen LogP contribution is -1.98. The van der Waals surface area contributed by atoms with Crippen molar-refractivity contribution in [2.24, 2.45) is 0 Å². The predicted octanol–water partition coefficient (Wildman–Crippen LogP) is 1.22. The molecular formula is C6H12ClN3. The lowest BCUT2D eigenvalue weighted by molar-refractivity contribution is 0.640. The molecule has 1 aromatic heterocycles. The van der Waals surface area contributed by atoms with Crippen LogP contribution in [0.1, 0.15) is 12.6 Å². The Hall–Kier alpha value is -0.700. The third kappa shape index (κ3) is 1.42. The highest BCUT2D eigenvalue weighted by Crippen LogP contribution is 2.06. The fourth-order valence-corrected chi connectivity index (χ4v) is 0.780. The zero-order valence-corrected chi connectivity index (χ0v) is 6.98. The first-order chi connectivity index (χ1) is 4.25. The quantitative estimate of drug-likeness (QED) is 0.673. The first-order valence-corrected chi connectivity index (χ1v) is 3.03. The highest BCUT2D eigenvalue weighted by molar-refractivity contribution is 5.85. The van der Waals surface area contributed by atoms with E-state index in [0.717, 1.165) is 17.9 Å². The first-order valence-electron chi connectivity index (χ1n) is 3.03. The van der Waals surface area contributed by atoms with Gasteiger partial charge in [0.15, 0.2) is 0 Å². The van der Waals surface area contributed by atoms with E-state index in [0.29, 0.717) is 0 Å². The molecule has 3 nitrogen and oxygen atoms in total. The Labute approximate surface area is 66.6 Å². The van der Waals surface area contributed by atoms with Gasteiger partial charge in [-0.05, 0) is 13.8 Å². The van der Waals surface area contributed by atoms with Gasteiger partial charge in [-0.15, -0.1) is 12.4 Å². The van der Waals surface area contributed by atoms with Gasteiger partial charge < -0.3 is 5.73 Å². The van der Waals surface area contributed by atoms with Crippen LogP contribution in [-0.2, 0) is 6.54 Å². The number of hydrogen-bond donors (Lipinski definition) is 1. The molecular weight excluding hydrogens is 150 g/mol. The zero-order valence-electron chi connectivity index (χ0n) is 6.16. The molecule has 0 atom stereocenters. The summed E-state index contributed by atoms with van der Waals surface area (Å²) in [5.41, 5.74) is 7.36. The van der Waals surface area contributed by atoms with Crippen LogP contribution >= 0.6 is 12.4 Å². The molecule has 58 valence electrons. The van der Waals surface area contributed by atoms with Crippen molar-refractivity contribution in [1.29, 1.82) is 0 Å². The van der Waals surface area contributed by atoms with Crippen LogP contribution in [-0.4, -0.2) is 9.78 Å². The van der Waals surface area contributed by atoms with E-state index in [2.05, 4.69) is 5.10 Å². The minimum atomic E-state index is 0. The molecule has 1 rings (SSSR count). The van der Waals surface area contributed by atoms with Gasteiger partial charge in [0.25, 0.3) is 0 Å². The van der Waals surface area contributed by atoms with Gasteiger partial charge in [-0.25, -0.2) is 0 Å². The SMILES string of the molecule is CCn1ncc(N)c1C.Cl. The maximum atomic E-state index is 5.53. The Morgan fingerprint density at radius 1 is 1.70 bits per heavy atom. The van der Waals surface area contributed by atoms with Crippen LogP contribution in [0.4, 0.5) is 5.69 Å². The number of halogens is 1. The Morgan fingerprint density at radius 2 is 2.30 bits per heavy atom. The Morgan fingerprint density at radius 3 is 2.50 bits per heavy atom. The fraction of sp³-hybridized carbons (Fsp3) is 0.500. The normalized spacial score (nSPS) is 9.00. The Balaban J connectivity index is 0.000000810. The van der Waals surface area contributed by atoms with Crippen molar-refractivity contribution in [3.8, 4) is 0 Å². The van der Waals surface area contributed by atoms with Gasteiger partial charge in [-0.3, -0.25) is 4.68 Å². The van der Waals surface area contributed by atoms with Crippen LogP contribution < -0.4 is 5.73 Å². The largest absolute Gasteiger partial charge is 0.396 e. The molecule has 0 unspecified atom stereocenters. The number of aromatic nitrogens is 2. The molecule has 2 N–H and O–H groups in total. The molecule has 0 aliphatic heterocycles. The third-order valence-electron chi connectivity index (χ3n) is 1.44. The number of nitrogens with two attached hydrogens (primary N) is 1. The second kappa shape index (κ2) is 3.46. The summed E-state index contributed by atoms with van der Waals surface area (Å²) < 4.78 is 1.87. The molecule has 0 radical (unpaired) electrons. The maximum Gasteiger partial charge on any atom is 0.0730 e. The van der Waals surface area contributed by atoms with Crippen molar-refractivity contribution < 1.29 is 0 Å². The van der Waals surface area contributed by atoms with Crippen molar-refractivity contribution in [2.75, 3.05) is 5.73 Å². The summed E-state index contributed by atoms with van der Waals surface area (Å²) in [6, 6.07) is 0. The first kappa shape index (κ1) is 9.30. The van der Waals surface area contributed by atoms with Crippen LogP contribution in [0.15, 0.2) is 6.20 Å². The van der Waals surface area contributed by atoms with E-state index in [1.807, 2.05) is 18.5 Å². The lowest BCUT2D eigenvalue weighted by Gasteiger charge is -1.96. The van der Waals surface area contributed by atoms with Crippen molar-refractivity contribution in [3.63, 3.8) is 0 Å². The molecule has 0 fully saturated rings. The van der Waals surface area contributed by atoms with Gasteiger partial charge in [0.05, 0.1) is 17.6 Å². The molecule has 0 spiro atoms. The molecule has 10 heavy (non-hydrogen) atoms. The Bertz CT molecular complexity index is 207. The topological polar surface area (TPSA) is 43.8 Å². The lowest BCUT2D eigenvalue weighted by atomic mass is 10.4. The summed E-state index contributed by atoms with van der Waals surface area (Å²) >= 11 is 0. The second-order valence-electron chi connectivity index (χ2n) is 2.00. The van der Waals surface area contributed by atoms with E-state index < -0.39 is 0 Å². The molecule has 0 aliphatic carbocycles. The predicted molar refractivity (Wildman–Crippen MR) is 44.3 cm³/mol. The average Bonchev–Trinajstić information content (AvgIpc) is 2.15. The van der Waals surface area contributed by atoms with Gasteiger partial charge in [0.2, 0.25) is 0 Å². The molecule has 0 aromatic carbocycles. The highest BCUT2D eigenvalue weighted by atomic mass is 35.5. The smallest absolute Gasteiger partial charge is 0.0730 e. The van der Waals surface area contributed by atoms with Crippen LogP contribution in [0.2, 0.25) is 0 Å². The number of hydrogen-bond acceptors (Lipinski definition) is 2. The minimum absolute atomic E-state index is 0. The van der Waals surface area contributed by atoms with E-state index in [-0.39, 0.29) is 12.4 Å². The molecule has 0 saturated heterocycles. The zero-order chi connectivity index (χ0) is 6.85. The third-order valence-corrected chi connectivity index (χ3v) is 1.44. The summed E-state index contributed by atoms with van der Waals surface area (Å²) in [5, 5.41) is 4.03. The van der Waals surface area contributed by atoms with Gasteiger partial charge >= 0.3 is 0 Å². The number of anilines is 1. The molecule has 0 amide bonds. The average molecular weight is 162 g/mol. The summed E-state index contributed by atoms with van der Waals surface area (Å²) in [7, 11) is 0. The van der Waals surface area contributed by atoms with E-state index in [4.69, 9.17) is 5.73 Å². The number of nitrogen functional groups attached to an aromatic ring is 1. The van der Waals surface area contributed by atoms with Crippen molar-refractivity contribution in [1.82, 2.24) is 9.78 Å². The summed E-state index contributed by atoms with van der Waals surface area (Å²) in [4.78, 5) is 0. The minimum Gasteiger partial charge on any atom is -0.396 e. The fourth-order valence-electron chi connectivity index (χ4n) is 0.780. The summed E-state index contributed by atoms with van der Waals surface area (Å²) in [6.45, 7) is 4.90. The van der Waals surface area contributed by atoms with E-state index in [9.17, 15) is 0 Å². The molecule has 1 heterocycles. The highest BCUT2D eigenvalue weighted by Gasteiger charge is 1.97. The van der Waals surface area contributed by atoms with E-state index in [1.54, 1.807) is 6.20 Å². The second-order valence-corrected chi connectivity index (χ2v) is 2.00. The Kier molecular flexibility index (Phi) is 3.22. The molecule has 0 bridgehead atoms. The van der Waals surface area contributed by atoms with Crippen LogP contribution in [0.25, 0.3) is 0 Å². The number of aryl methyl sites for hydroxylation is 1. The van der Waals surface area contributed by atoms with Gasteiger partial charge in [-0.1, -0.05) is 0 Å². The van der Waals surface area contributed by atoms with Crippen molar-refractivity contribution in [2.45, 2.75) is 20.4 Å². The van der Waals surface area contributed by atoms with E-state index >= 15 is 0 Å². The molecule has 0 aliphatic rings. The molecule has 0 saturated carbocycles. The number of rotatable bonds is 1. The van der Waals surface area contributed by atoms with Crippen molar-refractivity contribution >= 4 is 18.1 Å². The van der Waals surface area contributed by atoms with Crippen LogP contribution in [0, 0.1) is 6.92 Å². The van der Waals surface area contributed by atoms with E-state index in [1.165, 1.54) is 0 Å². The van der Waals surface area contributed by atoms with Gasteiger partial charge in [0.1, 0.15) is 0 Å². The monoisotopic (exact) mass is 161 g/mol. The summed E-state index contributed by atoms with van der Waals surface area (Å²) in [6.07, 6.45) is 1.68. The maximum absolute atomic E-state index is 5.53. The standard InChI is InChI=1S/C6H11N3.ClH/c1-3-9-5(2)6(7)4-8-9;/h4H,3,7H2,1-2H3;1H. The van der Waals surface area contributed by atoms with Crippen LogP contribution in [0.5, 0.6) is 0 Å². The van der Waals surface area contributed by atoms with Crippen molar-refractivity contribution in [3.05, 3.63) is 11.9 Å². The van der Waals surface area contributed by atoms with Crippen LogP contribution in [0.3, 0.4) is 0 Å². The molecule has 4 heteroatoms.